The number of thioether (sulfide) groups is 1. The van der Waals surface area contributed by atoms with Crippen molar-refractivity contribution in [2.75, 3.05) is 12.4 Å². The molecule has 3 aromatic rings. The van der Waals surface area contributed by atoms with Crippen molar-refractivity contribution in [1.29, 1.82) is 0 Å². The average Bonchev–Trinajstić information content (AvgIpc) is 3.25. The van der Waals surface area contributed by atoms with Crippen molar-refractivity contribution in [3.8, 4) is 11.5 Å². The van der Waals surface area contributed by atoms with Gasteiger partial charge in [0.25, 0.3) is 0 Å². The van der Waals surface area contributed by atoms with Crippen molar-refractivity contribution in [1.82, 2.24) is 19.7 Å². The van der Waals surface area contributed by atoms with E-state index in [4.69, 9.17) is 9.47 Å². The second-order valence-electron chi connectivity index (χ2n) is 5.94. The maximum atomic E-state index is 12.4. The SMILES string of the molecule is COc1ccccc1OCc1nnc(S[C@H](C)C(=O)Nc2nc(C)cs2)n1C. The molecule has 1 amide bonds. The van der Waals surface area contributed by atoms with Gasteiger partial charge in [-0.25, -0.2) is 4.98 Å². The van der Waals surface area contributed by atoms with Gasteiger partial charge in [-0.05, 0) is 26.0 Å². The van der Waals surface area contributed by atoms with Crippen LogP contribution in [0.5, 0.6) is 11.5 Å². The third-order valence-electron chi connectivity index (χ3n) is 3.85. The van der Waals surface area contributed by atoms with Crippen LogP contribution in [0.1, 0.15) is 18.4 Å². The van der Waals surface area contributed by atoms with Gasteiger partial charge in [0.05, 0.1) is 18.1 Å². The molecule has 0 aliphatic carbocycles. The molecule has 0 unspecified atom stereocenters. The number of benzene rings is 1. The number of rotatable bonds is 8. The molecule has 0 spiro atoms. The molecule has 1 atom stereocenters. The fourth-order valence-corrected chi connectivity index (χ4v) is 3.81. The second kappa shape index (κ2) is 9.07. The summed E-state index contributed by atoms with van der Waals surface area (Å²) < 4.78 is 12.9. The molecule has 2 aromatic heterocycles. The average molecular weight is 420 g/mol. The summed E-state index contributed by atoms with van der Waals surface area (Å²) in [5.74, 6) is 1.81. The molecule has 148 valence electrons. The van der Waals surface area contributed by atoms with Crippen LogP contribution in [0, 0.1) is 6.92 Å². The number of thiazole rings is 1. The van der Waals surface area contributed by atoms with Gasteiger partial charge >= 0.3 is 0 Å². The number of nitrogens with zero attached hydrogens (tertiary/aromatic N) is 4. The van der Waals surface area contributed by atoms with Crippen LogP contribution in [0.2, 0.25) is 0 Å². The summed E-state index contributed by atoms with van der Waals surface area (Å²) in [6.07, 6.45) is 0. The van der Waals surface area contributed by atoms with Crippen LogP contribution < -0.4 is 14.8 Å². The number of carbonyl (C=O) groups excluding carboxylic acids is 1. The molecular weight excluding hydrogens is 398 g/mol. The summed E-state index contributed by atoms with van der Waals surface area (Å²) in [6, 6.07) is 7.41. The lowest BCUT2D eigenvalue weighted by Gasteiger charge is -2.11. The Morgan fingerprint density at radius 3 is 2.75 bits per heavy atom. The smallest absolute Gasteiger partial charge is 0.239 e. The first-order chi connectivity index (χ1) is 13.5. The topological polar surface area (TPSA) is 91.2 Å². The normalized spacial score (nSPS) is 11.9. The molecule has 1 aromatic carbocycles. The van der Waals surface area contributed by atoms with Gasteiger partial charge in [-0.3, -0.25) is 4.79 Å². The lowest BCUT2D eigenvalue weighted by Crippen LogP contribution is -2.22. The van der Waals surface area contributed by atoms with E-state index in [2.05, 4.69) is 20.5 Å². The summed E-state index contributed by atoms with van der Waals surface area (Å²) in [6.45, 7) is 3.95. The first-order valence-electron chi connectivity index (χ1n) is 8.51. The predicted molar refractivity (Wildman–Crippen MR) is 109 cm³/mol. The van der Waals surface area contributed by atoms with Crippen LogP contribution in [0.4, 0.5) is 5.13 Å². The van der Waals surface area contributed by atoms with Crippen molar-refractivity contribution in [3.05, 3.63) is 41.2 Å². The number of nitrogens with one attached hydrogen (secondary N) is 1. The highest BCUT2D eigenvalue weighted by Gasteiger charge is 2.20. The van der Waals surface area contributed by atoms with E-state index in [0.717, 1.165) is 5.69 Å². The monoisotopic (exact) mass is 419 g/mol. The quantitative estimate of drug-likeness (QED) is 0.560. The van der Waals surface area contributed by atoms with E-state index >= 15 is 0 Å². The van der Waals surface area contributed by atoms with Gasteiger partial charge < -0.3 is 19.4 Å². The number of anilines is 1. The molecule has 0 saturated heterocycles. The largest absolute Gasteiger partial charge is 0.493 e. The minimum absolute atomic E-state index is 0.130. The first-order valence-corrected chi connectivity index (χ1v) is 10.3. The molecule has 0 saturated carbocycles. The van der Waals surface area contributed by atoms with E-state index in [1.165, 1.54) is 23.1 Å². The van der Waals surface area contributed by atoms with Crippen LogP contribution in [0.3, 0.4) is 0 Å². The van der Waals surface area contributed by atoms with Crippen LogP contribution >= 0.6 is 23.1 Å². The number of amides is 1. The Labute approximate surface area is 171 Å². The number of aromatic nitrogens is 4. The number of hydrogen-bond donors (Lipinski definition) is 1. The highest BCUT2D eigenvalue weighted by molar-refractivity contribution is 8.00. The Morgan fingerprint density at radius 1 is 1.32 bits per heavy atom. The predicted octanol–water partition coefficient (Wildman–Crippen LogP) is 3.29. The molecule has 28 heavy (non-hydrogen) atoms. The second-order valence-corrected chi connectivity index (χ2v) is 8.11. The number of ether oxygens (including phenoxy) is 2. The van der Waals surface area contributed by atoms with E-state index in [1.54, 1.807) is 7.11 Å². The Kier molecular flexibility index (Phi) is 6.53. The van der Waals surface area contributed by atoms with E-state index in [0.29, 0.717) is 27.6 Å². The Balaban J connectivity index is 1.60. The molecule has 10 heteroatoms. The Hall–Kier alpha value is -2.59. The zero-order valence-corrected chi connectivity index (χ0v) is 17.6. The lowest BCUT2D eigenvalue weighted by molar-refractivity contribution is -0.115. The fraction of sp³-hybridized carbons (Fsp3) is 0.333. The van der Waals surface area contributed by atoms with Gasteiger partial charge in [-0.1, -0.05) is 23.9 Å². The number of hydrogen-bond acceptors (Lipinski definition) is 8. The van der Waals surface area contributed by atoms with Crippen molar-refractivity contribution in [2.45, 2.75) is 30.9 Å². The van der Waals surface area contributed by atoms with Gasteiger partial charge in [-0.2, -0.15) is 0 Å². The van der Waals surface area contributed by atoms with Crippen molar-refractivity contribution in [2.24, 2.45) is 7.05 Å². The van der Waals surface area contributed by atoms with Gasteiger partial charge in [0.15, 0.2) is 27.6 Å². The molecule has 0 aliphatic rings. The summed E-state index contributed by atoms with van der Waals surface area (Å²) in [5, 5.41) is 13.9. The molecule has 0 fully saturated rings. The molecular formula is C18H21N5O3S2. The maximum Gasteiger partial charge on any atom is 0.239 e. The molecule has 0 radical (unpaired) electrons. The highest BCUT2D eigenvalue weighted by atomic mass is 32.2. The van der Waals surface area contributed by atoms with E-state index in [9.17, 15) is 4.79 Å². The van der Waals surface area contributed by atoms with Crippen molar-refractivity contribution >= 4 is 34.1 Å². The summed E-state index contributed by atoms with van der Waals surface area (Å²) in [5.41, 5.74) is 0.883. The molecule has 1 N–H and O–H groups in total. The zero-order valence-electron chi connectivity index (χ0n) is 16.0. The number of aryl methyl sites for hydroxylation is 1. The molecule has 0 aliphatic heterocycles. The van der Waals surface area contributed by atoms with Crippen LogP contribution in [0.15, 0.2) is 34.8 Å². The summed E-state index contributed by atoms with van der Waals surface area (Å²) >= 11 is 2.73. The third-order valence-corrected chi connectivity index (χ3v) is 5.86. The standard InChI is InChI=1S/C18H21N5O3S2/c1-11-10-27-17(19-11)20-16(24)12(2)28-18-22-21-15(23(18)3)9-26-14-8-6-5-7-13(14)25-4/h5-8,10,12H,9H2,1-4H3,(H,19,20,24)/t12-/m1/s1. The van der Waals surface area contributed by atoms with Gasteiger partial charge in [-0.15, -0.1) is 21.5 Å². The van der Waals surface area contributed by atoms with Gasteiger partial charge in [0, 0.05) is 12.4 Å². The maximum absolute atomic E-state index is 12.4. The third kappa shape index (κ3) is 4.82. The number of para-hydroxylation sites is 2. The van der Waals surface area contributed by atoms with E-state index in [-0.39, 0.29) is 17.8 Å². The molecule has 0 bridgehead atoms. The molecule has 2 heterocycles. The molecule has 8 nitrogen and oxygen atoms in total. The summed E-state index contributed by atoms with van der Waals surface area (Å²) in [7, 11) is 3.44. The van der Waals surface area contributed by atoms with E-state index < -0.39 is 0 Å². The lowest BCUT2D eigenvalue weighted by atomic mass is 10.3. The number of carbonyl (C=O) groups is 1. The minimum Gasteiger partial charge on any atom is -0.493 e. The van der Waals surface area contributed by atoms with E-state index in [1.807, 2.05) is 55.1 Å². The summed E-state index contributed by atoms with van der Waals surface area (Å²) in [4.78, 5) is 16.6. The van der Waals surface area contributed by atoms with Crippen molar-refractivity contribution < 1.29 is 14.3 Å². The van der Waals surface area contributed by atoms with Crippen LogP contribution in [0.25, 0.3) is 0 Å². The Bertz CT molecular complexity index is 956. The van der Waals surface area contributed by atoms with Gasteiger partial charge in [0.2, 0.25) is 5.91 Å². The fourth-order valence-electron chi connectivity index (χ4n) is 2.28. The highest BCUT2D eigenvalue weighted by Crippen LogP contribution is 2.27. The zero-order chi connectivity index (χ0) is 20.1. The Morgan fingerprint density at radius 2 is 2.07 bits per heavy atom. The number of methoxy groups -OCH3 is 1. The molecule has 3 rings (SSSR count). The minimum atomic E-state index is -0.352. The van der Waals surface area contributed by atoms with Gasteiger partial charge in [0.1, 0.15) is 6.61 Å². The first kappa shape index (κ1) is 20.2. The van der Waals surface area contributed by atoms with Crippen molar-refractivity contribution in [3.63, 3.8) is 0 Å². The van der Waals surface area contributed by atoms with Crippen LogP contribution in [-0.2, 0) is 18.4 Å². The van der Waals surface area contributed by atoms with Crippen LogP contribution in [-0.4, -0.2) is 38.0 Å².